The Balaban J connectivity index is 3.05. The van der Waals surface area contributed by atoms with E-state index in [1.807, 2.05) is 13.8 Å². The number of aryl methyl sites for hydroxylation is 1. The van der Waals surface area contributed by atoms with Gasteiger partial charge in [-0.05, 0) is 32.4 Å². The zero-order chi connectivity index (χ0) is 13.0. The number of benzene rings is 1. The number of carbonyl (C=O) groups is 1. The molecule has 0 unspecified atom stereocenters. The Labute approximate surface area is 106 Å². The van der Waals surface area contributed by atoms with Crippen LogP contribution in [0, 0.1) is 12.7 Å². The summed E-state index contributed by atoms with van der Waals surface area (Å²) in [4.78, 5) is 13.8. The SMILES string of the molecule is Cc1cccc(C(=O)N(CCCl)C(C)C)c1F. The van der Waals surface area contributed by atoms with Crippen molar-refractivity contribution in [3.8, 4) is 0 Å². The first kappa shape index (κ1) is 14.0. The van der Waals surface area contributed by atoms with Crippen molar-refractivity contribution in [2.45, 2.75) is 26.8 Å². The van der Waals surface area contributed by atoms with E-state index in [4.69, 9.17) is 11.6 Å². The lowest BCUT2D eigenvalue weighted by atomic mass is 10.1. The van der Waals surface area contributed by atoms with Crippen LogP contribution in [0.4, 0.5) is 4.39 Å². The molecule has 0 fully saturated rings. The van der Waals surface area contributed by atoms with Crippen LogP contribution in [0.2, 0.25) is 0 Å². The second-order valence-corrected chi connectivity index (χ2v) is 4.60. The van der Waals surface area contributed by atoms with Gasteiger partial charge >= 0.3 is 0 Å². The van der Waals surface area contributed by atoms with E-state index >= 15 is 0 Å². The summed E-state index contributed by atoms with van der Waals surface area (Å²) in [5.74, 6) is -0.406. The van der Waals surface area contributed by atoms with Crippen LogP contribution in [-0.4, -0.2) is 29.3 Å². The van der Waals surface area contributed by atoms with Gasteiger partial charge in [0.1, 0.15) is 5.82 Å². The zero-order valence-corrected chi connectivity index (χ0v) is 11.1. The maximum absolute atomic E-state index is 13.8. The molecular weight excluding hydrogens is 241 g/mol. The molecule has 1 rings (SSSR count). The summed E-state index contributed by atoms with van der Waals surface area (Å²) in [6, 6.07) is 4.84. The Hall–Kier alpha value is -1.09. The van der Waals surface area contributed by atoms with Crippen molar-refractivity contribution in [2.75, 3.05) is 12.4 Å². The van der Waals surface area contributed by atoms with Crippen LogP contribution in [0.5, 0.6) is 0 Å². The molecule has 4 heteroatoms. The summed E-state index contributed by atoms with van der Waals surface area (Å²) < 4.78 is 13.8. The highest BCUT2D eigenvalue weighted by Crippen LogP contribution is 2.15. The van der Waals surface area contributed by atoms with Gasteiger partial charge < -0.3 is 4.90 Å². The first-order valence-electron chi connectivity index (χ1n) is 5.61. The number of alkyl halides is 1. The Morgan fingerprint density at radius 1 is 1.47 bits per heavy atom. The van der Waals surface area contributed by atoms with Gasteiger partial charge in [-0.2, -0.15) is 0 Å². The quantitative estimate of drug-likeness (QED) is 0.759. The third-order valence-corrected chi connectivity index (χ3v) is 2.80. The van der Waals surface area contributed by atoms with E-state index in [0.29, 0.717) is 18.0 Å². The fourth-order valence-electron chi connectivity index (χ4n) is 1.65. The molecule has 0 heterocycles. The molecule has 0 aliphatic rings. The van der Waals surface area contributed by atoms with Gasteiger partial charge in [-0.3, -0.25) is 4.79 Å². The molecule has 0 spiro atoms. The molecule has 0 bridgehead atoms. The third-order valence-electron chi connectivity index (χ3n) is 2.63. The number of hydrogen-bond acceptors (Lipinski definition) is 1. The minimum Gasteiger partial charge on any atom is -0.335 e. The molecule has 0 atom stereocenters. The van der Waals surface area contributed by atoms with Gasteiger partial charge in [-0.1, -0.05) is 12.1 Å². The predicted octanol–water partition coefficient (Wildman–Crippen LogP) is 3.22. The standard InChI is InChI=1S/C13H17ClFNO/c1-9(2)16(8-7-14)13(17)11-6-4-5-10(3)12(11)15/h4-6,9H,7-8H2,1-3H3. The minimum atomic E-state index is -0.447. The molecular formula is C13H17ClFNO. The predicted molar refractivity (Wildman–Crippen MR) is 68.0 cm³/mol. The van der Waals surface area contributed by atoms with Crippen molar-refractivity contribution in [2.24, 2.45) is 0 Å². The Bertz CT molecular complexity index is 406. The van der Waals surface area contributed by atoms with Crippen LogP contribution in [0.15, 0.2) is 18.2 Å². The molecule has 0 N–H and O–H groups in total. The molecule has 1 aromatic carbocycles. The lowest BCUT2D eigenvalue weighted by Crippen LogP contribution is -2.38. The van der Waals surface area contributed by atoms with Gasteiger partial charge in [0.25, 0.3) is 5.91 Å². The molecule has 94 valence electrons. The van der Waals surface area contributed by atoms with Crippen molar-refractivity contribution in [1.29, 1.82) is 0 Å². The summed E-state index contributed by atoms with van der Waals surface area (Å²) in [7, 11) is 0. The zero-order valence-electron chi connectivity index (χ0n) is 10.3. The maximum Gasteiger partial charge on any atom is 0.257 e. The van der Waals surface area contributed by atoms with Crippen molar-refractivity contribution in [3.05, 3.63) is 35.1 Å². The van der Waals surface area contributed by atoms with E-state index in [2.05, 4.69) is 0 Å². The molecule has 1 aromatic rings. The Kier molecular flexibility index (Phi) is 4.94. The smallest absolute Gasteiger partial charge is 0.257 e. The highest BCUT2D eigenvalue weighted by Gasteiger charge is 2.21. The van der Waals surface area contributed by atoms with E-state index in [9.17, 15) is 9.18 Å². The van der Waals surface area contributed by atoms with E-state index in [1.54, 1.807) is 24.0 Å². The fraction of sp³-hybridized carbons (Fsp3) is 0.462. The molecule has 0 saturated carbocycles. The van der Waals surface area contributed by atoms with Crippen molar-refractivity contribution in [1.82, 2.24) is 4.90 Å². The molecule has 17 heavy (non-hydrogen) atoms. The second kappa shape index (κ2) is 6.01. The molecule has 2 nitrogen and oxygen atoms in total. The highest BCUT2D eigenvalue weighted by atomic mass is 35.5. The average molecular weight is 258 g/mol. The van der Waals surface area contributed by atoms with Crippen LogP contribution in [-0.2, 0) is 0 Å². The maximum atomic E-state index is 13.8. The third kappa shape index (κ3) is 3.19. The summed E-state index contributed by atoms with van der Waals surface area (Å²) in [6.45, 7) is 5.84. The van der Waals surface area contributed by atoms with E-state index in [1.165, 1.54) is 6.07 Å². The number of halogens is 2. The Morgan fingerprint density at radius 2 is 2.12 bits per heavy atom. The van der Waals surface area contributed by atoms with E-state index < -0.39 is 5.82 Å². The molecule has 0 aliphatic heterocycles. The summed E-state index contributed by atoms with van der Waals surface area (Å²) in [6.07, 6.45) is 0. The van der Waals surface area contributed by atoms with Crippen LogP contribution in [0.1, 0.15) is 29.8 Å². The second-order valence-electron chi connectivity index (χ2n) is 4.22. The summed E-state index contributed by atoms with van der Waals surface area (Å²) >= 11 is 5.66. The first-order chi connectivity index (χ1) is 7.99. The normalized spacial score (nSPS) is 10.7. The number of rotatable bonds is 4. The highest BCUT2D eigenvalue weighted by molar-refractivity contribution is 6.18. The Morgan fingerprint density at radius 3 is 2.65 bits per heavy atom. The number of nitrogens with zero attached hydrogens (tertiary/aromatic N) is 1. The van der Waals surface area contributed by atoms with Gasteiger partial charge in [0.05, 0.1) is 5.56 Å². The largest absolute Gasteiger partial charge is 0.335 e. The fourth-order valence-corrected chi connectivity index (χ4v) is 1.83. The monoisotopic (exact) mass is 257 g/mol. The van der Waals surface area contributed by atoms with Gasteiger partial charge in [0.2, 0.25) is 0 Å². The molecule has 1 amide bonds. The molecule has 0 aliphatic carbocycles. The van der Waals surface area contributed by atoms with Crippen LogP contribution in [0.3, 0.4) is 0 Å². The number of carbonyl (C=O) groups excluding carboxylic acids is 1. The van der Waals surface area contributed by atoms with Gasteiger partial charge in [0, 0.05) is 18.5 Å². The van der Waals surface area contributed by atoms with Crippen molar-refractivity contribution < 1.29 is 9.18 Å². The summed E-state index contributed by atoms with van der Waals surface area (Å²) in [5.41, 5.74) is 0.592. The summed E-state index contributed by atoms with van der Waals surface area (Å²) in [5, 5.41) is 0. The lowest BCUT2D eigenvalue weighted by molar-refractivity contribution is 0.0713. The minimum absolute atomic E-state index is 0.00108. The number of hydrogen-bond donors (Lipinski definition) is 0. The first-order valence-corrected chi connectivity index (χ1v) is 6.14. The van der Waals surface area contributed by atoms with Crippen molar-refractivity contribution in [3.63, 3.8) is 0 Å². The topological polar surface area (TPSA) is 20.3 Å². The van der Waals surface area contributed by atoms with Gasteiger partial charge in [-0.15, -0.1) is 11.6 Å². The van der Waals surface area contributed by atoms with E-state index in [0.717, 1.165) is 0 Å². The van der Waals surface area contributed by atoms with Gasteiger partial charge in [0.15, 0.2) is 0 Å². The average Bonchev–Trinajstić information content (AvgIpc) is 2.28. The van der Waals surface area contributed by atoms with Crippen molar-refractivity contribution >= 4 is 17.5 Å². The molecule has 0 radical (unpaired) electrons. The van der Waals surface area contributed by atoms with Crippen LogP contribution < -0.4 is 0 Å². The number of amides is 1. The van der Waals surface area contributed by atoms with E-state index in [-0.39, 0.29) is 17.5 Å². The van der Waals surface area contributed by atoms with Gasteiger partial charge in [-0.25, -0.2) is 4.39 Å². The molecule has 0 saturated heterocycles. The van der Waals surface area contributed by atoms with Crippen LogP contribution >= 0.6 is 11.6 Å². The lowest BCUT2D eigenvalue weighted by Gasteiger charge is -2.26. The molecule has 0 aromatic heterocycles. The van der Waals surface area contributed by atoms with Crippen LogP contribution in [0.25, 0.3) is 0 Å².